The summed E-state index contributed by atoms with van der Waals surface area (Å²) in [6, 6.07) is 4.40. The molecule has 2 rings (SSSR count). The van der Waals surface area contributed by atoms with Crippen molar-refractivity contribution < 1.29 is 18.0 Å². The van der Waals surface area contributed by atoms with Gasteiger partial charge in [0, 0.05) is 23.2 Å². The number of benzene rings is 1. The highest BCUT2D eigenvalue weighted by molar-refractivity contribution is 9.10. The summed E-state index contributed by atoms with van der Waals surface area (Å²) >= 11 is 3.15. The summed E-state index contributed by atoms with van der Waals surface area (Å²) in [7, 11) is 0.922. The predicted octanol–water partition coefficient (Wildman–Crippen LogP) is 2.52. The maximum Gasteiger partial charge on any atom is 0.431 e. The Morgan fingerprint density at radius 3 is 2.30 bits per heavy atom. The topological polar surface area (TPSA) is 61.1 Å². The van der Waals surface area contributed by atoms with Gasteiger partial charge in [-0.15, -0.1) is 0 Å². The number of nitrogens with zero attached hydrogens (tertiary/aromatic N) is 2. The van der Waals surface area contributed by atoms with Crippen molar-refractivity contribution >= 4 is 21.7 Å². The Morgan fingerprint density at radius 1 is 1.17 bits per heavy atom. The molecule has 9 heteroatoms. The molecular weight excluding hydrogens is 381 g/mol. The second-order valence-corrected chi connectivity index (χ2v) is 5.62. The molecule has 1 aromatic heterocycles. The lowest BCUT2D eigenvalue weighted by Gasteiger charge is -2.14. The first kappa shape index (κ1) is 17.2. The number of ketones is 1. The summed E-state index contributed by atoms with van der Waals surface area (Å²) in [5.74, 6) is -0.324. The standard InChI is InChI=1S/C14H10BrF3N2O3/c1-7(21)9-5-8(3-4-10(9)15)20-12(22)6-11(14(16,17)18)19(2)13(20)23/h3-6H,1-2H3. The minimum absolute atomic E-state index is 0.0118. The SMILES string of the molecule is CC(=O)c1cc(-n2c(=O)cc(C(F)(F)F)n(C)c2=O)ccc1Br. The highest BCUT2D eigenvalue weighted by atomic mass is 79.9. The van der Waals surface area contributed by atoms with E-state index in [1.165, 1.54) is 25.1 Å². The summed E-state index contributed by atoms with van der Waals surface area (Å²) in [6.45, 7) is 1.29. The monoisotopic (exact) mass is 390 g/mol. The molecule has 0 unspecified atom stereocenters. The van der Waals surface area contributed by atoms with Crippen LogP contribution in [0.3, 0.4) is 0 Å². The van der Waals surface area contributed by atoms with Crippen LogP contribution in [0.1, 0.15) is 23.0 Å². The summed E-state index contributed by atoms with van der Waals surface area (Å²) in [5.41, 5.74) is -3.40. The fourth-order valence-corrected chi connectivity index (χ4v) is 2.58. The van der Waals surface area contributed by atoms with Crippen LogP contribution in [-0.2, 0) is 13.2 Å². The molecule has 0 saturated heterocycles. The van der Waals surface area contributed by atoms with Gasteiger partial charge in [-0.2, -0.15) is 13.2 Å². The lowest BCUT2D eigenvalue weighted by Crippen LogP contribution is -2.40. The van der Waals surface area contributed by atoms with Gasteiger partial charge in [0.05, 0.1) is 5.69 Å². The summed E-state index contributed by atoms with van der Waals surface area (Å²) in [6.07, 6.45) is -4.82. The van der Waals surface area contributed by atoms with Gasteiger partial charge in [-0.3, -0.25) is 14.2 Å². The zero-order valence-corrected chi connectivity index (χ0v) is 13.5. The Hall–Kier alpha value is -2.16. The van der Waals surface area contributed by atoms with Crippen LogP contribution in [0.15, 0.2) is 38.3 Å². The van der Waals surface area contributed by atoms with Crippen LogP contribution in [0.5, 0.6) is 0 Å². The van der Waals surface area contributed by atoms with E-state index in [0.717, 1.165) is 7.05 Å². The normalized spacial score (nSPS) is 11.6. The van der Waals surface area contributed by atoms with Crippen LogP contribution in [0.4, 0.5) is 13.2 Å². The molecule has 1 heterocycles. The first-order valence-corrected chi connectivity index (χ1v) is 7.04. The molecule has 0 radical (unpaired) electrons. The number of halogens is 4. The second-order valence-electron chi connectivity index (χ2n) is 4.76. The van der Waals surface area contributed by atoms with Gasteiger partial charge in [-0.05, 0) is 25.1 Å². The summed E-state index contributed by atoms with van der Waals surface area (Å²) in [5, 5.41) is 0. The number of hydrogen-bond acceptors (Lipinski definition) is 3. The van der Waals surface area contributed by atoms with Gasteiger partial charge in [0.15, 0.2) is 5.78 Å². The Labute approximate surface area is 136 Å². The van der Waals surface area contributed by atoms with Gasteiger partial charge < -0.3 is 0 Å². The third-order valence-corrected chi connectivity index (χ3v) is 3.89. The molecule has 1 aromatic carbocycles. The first-order chi connectivity index (χ1) is 10.5. The number of aromatic nitrogens is 2. The molecule has 0 aliphatic rings. The lowest BCUT2D eigenvalue weighted by atomic mass is 10.1. The van der Waals surface area contributed by atoms with Crippen molar-refractivity contribution in [3.8, 4) is 5.69 Å². The highest BCUT2D eigenvalue weighted by Gasteiger charge is 2.35. The minimum Gasteiger partial charge on any atom is -0.294 e. The average molecular weight is 391 g/mol. The molecule has 0 spiro atoms. The molecule has 0 aliphatic carbocycles. The zero-order valence-electron chi connectivity index (χ0n) is 11.9. The van der Waals surface area contributed by atoms with Crippen molar-refractivity contribution in [1.82, 2.24) is 9.13 Å². The highest BCUT2D eigenvalue weighted by Crippen LogP contribution is 2.27. The van der Waals surface area contributed by atoms with E-state index in [-0.39, 0.29) is 17.0 Å². The Balaban J connectivity index is 2.79. The van der Waals surface area contributed by atoms with E-state index in [9.17, 15) is 27.6 Å². The number of rotatable bonds is 2. The molecule has 23 heavy (non-hydrogen) atoms. The van der Waals surface area contributed by atoms with E-state index >= 15 is 0 Å². The van der Waals surface area contributed by atoms with Gasteiger partial charge in [-0.1, -0.05) is 15.9 Å². The Kier molecular flexibility index (Phi) is 4.34. The Morgan fingerprint density at radius 2 is 1.78 bits per heavy atom. The maximum atomic E-state index is 12.8. The van der Waals surface area contributed by atoms with E-state index in [1.54, 1.807) is 0 Å². The minimum atomic E-state index is -4.82. The molecule has 2 aromatic rings. The third kappa shape index (κ3) is 3.14. The van der Waals surface area contributed by atoms with E-state index in [0.29, 0.717) is 19.7 Å². The molecule has 0 amide bonds. The predicted molar refractivity (Wildman–Crippen MR) is 80.0 cm³/mol. The molecule has 0 aliphatic heterocycles. The van der Waals surface area contributed by atoms with Crippen molar-refractivity contribution in [3.63, 3.8) is 0 Å². The van der Waals surface area contributed by atoms with Crippen LogP contribution in [-0.4, -0.2) is 14.9 Å². The fraction of sp³-hybridized carbons (Fsp3) is 0.214. The zero-order chi connectivity index (χ0) is 17.5. The number of Topliss-reactive ketones (excluding diaryl/α,β-unsaturated/α-hetero) is 1. The first-order valence-electron chi connectivity index (χ1n) is 6.25. The van der Waals surface area contributed by atoms with Crippen molar-refractivity contribution in [1.29, 1.82) is 0 Å². The molecule has 0 N–H and O–H groups in total. The van der Waals surface area contributed by atoms with Crippen LogP contribution in [0.25, 0.3) is 5.69 Å². The largest absolute Gasteiger partial charge is 0.431 e. The van der Waals surface area contributed by atoms with Gasteiger partial charge in [0.2, 0.25) is 0 Å². The van der Waals surface area contributed by atoms with Crippen LogP contribution >= 0.6 is 15.9 Å². The molecule has 5 nitrogen and oxygen atoms in total. The molecule has 0 saturated carbocycles. The van der Waals surface area contributed by atoms with Crippen LogP contribution in [0.2, 0.25) is 0 Å². The van der Waals surface area contributed by atoms with Gasteiger partial charge in [0.1, 0.15) is 5.69 Å². The molecule has 0 atom stereocenters. The van der Waals surface area contributed by atoms with Crippen molar-refractivity contribution in [2.45, 2.75) is 13.1 Å². The fourth-order valence-electron chi connectivity index (χ4n) is 2.06. The summed E-state index contributed by atoms with van der Waals surface area (Å²) in [4.78, 5) is 35.7. The number of alkyl halides is 3. The average Bonchev–Trinajstić information content (AvgIpc) is 2.43. The number of hydrogen-bond donors (Lipinski definition) is 0. The lowest BCUT2D eigenvalue weighted by molar-refractivity contribution is -0.144. The maximum absolute atomic E-state index is 12.8. The van der Waals surface area contributed by atoms with Gasteiger partial charge in [-0.25, -0.2) is 9.36 Å². The second kappa shape index (κ2) is 5.80. The van der Waals surface area contributed by atoms with Gasteiger partial charge in [0.25, 0.3) is 5.56 Å². The van der Waals surface area contributed by atoms with Crippen molar-refractivity contribution in [2.24, 2.45) is 7.05 Å². The smallest absolute Gasteiger partial charge is 0.294 e. The van der Waals surface area contributed by atoms with E-state index in [2.05, 4.69) is 15.9 Å². The van der Waals surface area contributed by atoms with Gasteiger partial charge >= 0.3 is 11.9 Å². The quantitative estimate of drug-likeness (QED) is 0.740. The Bertz CT molecular complexity index is 913. The molecular formula is C14H10BrF3N2O3. The third-order valence-electron chi connectivity index (χ3n) is 3.20. The number of carbonyl (C=O) groups excluding carboxylic acids is 1. The van der Waals surface area contributed by atoms with Crippen LogP contribution < -0.4 is 11.2 Å². The molecule has 122 valence electrons. The van der Waals surface area contributed by atoms with Crippen molar-refractivity contribution in [2.75, 3.05) is 0 Å². The molecule has 0 bridgehead atoms. The number of carbonyl (C=O) groups is 1. The van der Waals surface area contributed by atoms with E-state index in [1.807, 2.05) is 0 Å². The van der Waals surface area contributed by atoms with E-state index in [4.69, 9.17) is 0 Å². The van der Waals surface area contributed by atoms with Crippen molar-refractivity contribution in [3.05, 3.63) is 60.8 Å². The van der Waals surface area contributed by atoms with E-state index < -0.39 is 23.1 Å². The summed E-state index contributed by atoms with van der Waals surface area (Å²) < 4.78 is 39.8. The molecule has 0 fully saturated rings. The van der Waals surface area contributed by atoms with Crippen LogP contribution in [0, 0.1) is 0 Å².